The predicted octanol–water partition coefficient (Wildman–Crippen LogP) is 6.42. The number of carbonyl (C=O) groups is 2. The van der Waals surface area contributed by atoms with Crippen LogP contribution in [0.25, 0.3) is 0 Å². The number of hydrogen-bond acceptors (Lipinski definition) is 3. The Morgan fingerprint density at radius 3 is 2.14 bits per heavy atom. The molecule has 0 heterocycles. The molecule has 0 spiro atoms. The van der Waals surface area contributed by atoms with Crippen LogP contribution in [0, 0.1) is 13.8 Å². The second-order valence-corrected chi connectivity index (χ2v) is 9.67. The van der Waals surface area contributed by atoms with Crippen LogP contribution in [0.5, 0.6) is 5.75 Å². The van der Waals surface area contributed by atoms with Crippen LogP contribution in [-0.4, -0.2) is 35.9 Å². The van der Waals surface area contributed by atoms with E-state index in [0.29, 0.717) is 39.3 Å². The van der Waals surface area contributed by atoms with Crippen LogP contribution >= 0.6 is 34.8 Å². The van der Waals surface area contributed by atoms with Crippen molar-refractivity contribution in [3.05, 3.63) is 98.0 Å². The van der Waals surface area contributed by atoms with E-state index >= 15 is 0 Å². The van der Waals surface area contributed by atoms with Crippen LogP contribution < -0.4 is 10.1 Å². The molecule has 0 fully saturated rings. The highest BCUT2D eigenvalue weighted by Gasteiger charge is 2.31. The van der Waals surface area contributed by atoms with Gasteiger partial charge in [-0.2, -0.15) is 0 Å². The highest BCUT2D eigenvalue weighted by atomic mass is 35.5. The van der Waals surface area contributed by atoms with E-state index in [4.69, 9.17) is 39.5 Å². The molecule has 0 aliphatic rings. The molecule has 5 nitrogen and oxygen atoms in total. The van der Waals surface area contributed by atoms with E-state index in [0.717, 1.165) is 16.7 Å². The largest absolute Gasteiger partial charge is 0.484 e. The molecule has 3 aromatic rings. The molecule has 1 atom stereocenters. The summed E-state index contributed by atoms with van der Waals surface area (Å²) in [7, 11) is 0. The molecule has 8 heteroatoms. The molecule has 0 aliphatic heterocycles. The van der Waals surface area contributed by atoms with Crippen molar-refractivity contribution in [3.63, 3.8) is 0 Å². The van der Waals surface area contributed by atoms with Crippen molar-refractivity contribution in [1.82, 2.24) is 10.2 Å². The van der Waals surface area contributed by atoms with Gasteiger partial charge in [0, 0.05) is 40.1 Å². The molecule has 190 valence electrons. The minimum absolute atomic E-state index is 0.0496. The molecule has 0 saturated heterocycles. The van der Waals surface area contributed by atoms with Gasteiger partial charge in [0.05, 0.1) is 0 Å². The van der Waals surface area contributed by atoms with Crippen LogP contribution in [0.2, 0.25) is 15.1 Å². The second-order valence-electron chi connectivity index (χ2n) is 8.48. The SMILES string of the molecule is CCNC(=O)C(Cc1ccccc1)N(Cc1c(Cl)cccc1Cl)C(=O)COc1cc(C)c(Cl)c(C)c1. The first-order valence-corrected chi connectivity index (χ1v) is 12.8. The number of halogens is 3. The van der Waals surface area contributed by atoms with Gasteiger partial charge in [-0.25, -0.2) is 0 Å². The monoisotopic (exact) mass is 546 g/mol. The van der Waals surface area contributed by atoms with Crippen molar-refractivity contribution in [2.75, 3.05) is 13.2 Å². The number of nitrogens with one attached hydrogen (secondary N) is 1. The lowest BCUT2D eigenvalue weighted by molar-refractivity contribution is -0.142. The minimum Gasteiger partial charge on any atom is -0.484 e. The molecule has 1 unspecified atom stereocenters. The lowest BCUT2D eigenvalue weighted by atomic mass is 10.0. The van der Waals surface area contributed by atoms with Crippen LogP contribution in [0.1, 0.15) is 29.2 Å². The minimum atomic E-state index is -0.801. The number of amides is 2. The van der Waals surface area contributed by atoms with Gasteiger partial charge in [-0.15, -0.1) is 0 Å². The molecule has 36 heavy (non-hydrogen) atoms. The van der Waals surface area contributed by atoms with Gasteiger partial charge in [-0.3, -0.25) is 9.59 Å². The first-order valence-electron chi connectivity index (χ1n) is 11.6. The molecule has 0 radical (unpaired) electrons. The van der Waals surface area contributed by atoms with Crippen molar-refractivity contribution in [2.45, 2.75) is 39.8 Å². The third-order valence-corrected chi connectivity index (χ3v) is 7.09. The third-order valence-electron chi connectivity index (χ3n) is 5.78. The number of hydrogen-bond donors (Lipinski definition) is 1. The van der Waals surface area contributed by atoms with Crippen molar-refractivity contribution in [1.29, 1.82) is 0 Å². The summed E-state index contributed by atoms with van der Waals surface area (Å²) in [6.45, 7) is 5.80. The Morgan fingerprint density at radius 2 is 1.56 bits per heavy atom. The number of nitrogens with zero attached hydrogens (tertiary/aromatic N) is 1. The summed E-state index contributed by atoms with van der Waals surface area (Å²) in [6, 6.07) is 17.5. The third kappa shape index (κ3) is 7.16. The lowest BCUT2D eigenvalue weighted by Gasteiger charge is -2.32. The van der Waals surface area contributed by atoms with Crippen molar-refractivity contribution in [2.24, 2.45) is 0 Å². The Balaban J connectivity index is 1.95. The maximum atomic E-state index is 13.6. The van der Waals surface area contributed by atoms with Gasteiger partial charge >= 0.3 is 0 Å². The zero-order chi connectivity index (χ0) is 26.2. The summed E-state index contributed by atoms with van der Waals surface area (Å²) in [4.78, 5) is 28.3. The van der Waals surface area contributed by atoms with Gasteiger partial charge < -0.3 is 15.0 Å². The van der Waals surface area contributed by atoms with Gasteiger partial charge in [0.1, 0.15) is 11.8 Å². The lowest BCUT2D eigenvalue weighted by Crippen LogP contribution is -2.51. The van der Waals surface area contributed by atoms with Gasteiger partial charge in [0.2, 0.25) is 5.91 Å². The van der Waals surface area contributed by atoms with E-state index in [-0.39, 0.29) is 25.0 Å². The topological polar surface area (TPSA) is 58.6 Å². The fraction of sp³-hybridized carbons (Fsp3) is 0.286. The Morgan fingerprint density at radius 1 is 0.944 bits per heavy atom. The average Bonchev–Trinajstić information content (AvgIpc) is 2.85. The van der Waals surface area contributed by atoms with Crippen molar-refractivity contribution >= 4 is 46.6 Å². The highest BCUT2D eigenvalue weighted by Crippen LogP contribution is 2.28. The molecule has 3 rings (SSSR count). The molecule has 1 N–H and O–H groups in total. The molecule has 0 aliphatic carbocycles. The molecule has 3 aromatic carbocycles. The zero-order valence-corrected chi connectivity index (χ0v) is 22.8. The maximum absolute atomic E-state index is 13.6. The molecular formula is C28H29Cl3N2O3. The number of benzene rings is 3. The van der Waals surface area contributed by atoms with E-state index in [1.165, 1.54) is 4.90 Å². The quantitative estimate of drug-likeness (QED) is 0.319. The Hall–Kier alpha value is -2.73. The fourth-order valence-electron chi connectivity index (χ4n) is 3.92. The summed E-state index contributed by atoms with van der Waals surface area (Å²) in [5.74, 6) is -0.115. The average molecular weight is 548 g/mol. The van der Waals surface area contributed by atoms with Gasteiger partial charge in [0.25, 0.3) is 5.91 Å². The smallest absolute Gasteiger partial charge is 0.261 e. The normalized spacial score (nSPS) is 11.6. The first-order chi connectivity index (χ1) is 17.2. The number of ether oxygens (including phenoxy) is 1. The number of likely N-dealkylation sites (N-methyl/N-ethyl adjacent to an activating group) is 1. The van der Waals surface area contributed by atoms with E-state index in [2.05, 4.69) is 5.32 Å². The number of rotatable bonds is 10. The highest BCUT2D eigenvalue weighted by molar-refractivity contribution is 6.36. The molecule has 2 amide bonds. The van der Waals surface area contributed by atoms with Gasteiger partial charge in [-0.05, 0) is 61.7 Å². The fourth-order valence-corrected chi connectivity index (χ4v) is 4.54. The standard InChI is InChI=1S/C28H29Cl3N2O3/c1-4-32-28(35)25(15-20-9-6-5-7-10-20)33(16-22-23(29)11-8-12-24(22)30)26(34)17-36-21-13-18(2)27(31)19(3)14-21/h5-14,25H,4,15-17H2,1-3H3,(H,32,35). The Labute approximate surface area is 227 Å². The maximum Gasteiger partial charge on any atom is 0.261 e. The number of aryl methyl sites for hydroxylation is 2. The van der Waals surface area contributed by atoms with Crippen molar-refractivity contribution in [3.8, 4) is 5.75 Å². The zero-order valence-electron chi connectivity index (χ0n) is 20.5. The second kappa shape index (κ2) is 13.0. The van der Waals surface area contributed by atoms with Crippen LogP contribution in [-0.2, 0) is 22.6 Å². The predicted molar refractivity (Wildman–Crippen MR) is 146 cm³/mol. The number of carbonyl (C=O) groups excluding carboxylic acids is 2. The molecular weight excluding hydrogens is 519 g/mol. The summed E-state index contributed by atoms with van der Waals surface area (Å²) < 4.78 is 5.86. The summed E-state index contributed by atoms with van der Waals surface area (Å²) in [5, 5.41) is 4.34. The van der Waals surface area contributed by atoms with Crippen LogP contribution in [0.4, 0.5) is 0 Å². The molecule has 0 bridgehead atoms. The first kappa shape index (κ1) is 27.9. The van der Waals surface area contributed by atoms with Crippen LogP contribution in [0.15, 0.2) is 60.7 Å². The van der Waals surface area contributed by atoms with Crippen LogP contribution in [0.3, 0.4) is 0 Å². The summed E-state index contributed by atoms with van der Waals surface area (Å²) >= 11 is 19.1. The van der Waals surface area contributed by atoms with E-state index in [1.807, 2.05) is 51.1 Å². The van der Waals surface area contributed by atoms with Crippen molar-refractivity contribution < 1.29 is 14.3 Å². The molecule has 0 saturated carbocycles. The van der Waals surface area contributed by atoms with Gasteiger partial charge in [-0.1, -0.05) is 71.2 Å². The summed E-state index contributed by atoms with van der Waals surface area (Å²) in [6.07, 6.45) is 0.319. The van der Waals surface area contributed by atoms with E-state index in [1.54, 1.807) is 30.3 Å². The van der Waals surface area contributed by atoms with E-state index in [9.17, 15) is 9.59 Å². The Bertz CT molecular complexity index is 1170. The Kier molecular flexibility index (Phi) is 10.1. The summed E-state index contributed by atoms with van der Waals surface area (Å²) in [5.41, 5.74) is 3.18. The molecule has 0 aromatic heterocycles. The van der Waals surface area contributed by atoms with E-state index < -0.39 is 6.04 Å². The van der Waals surface area contributed by atoms with Gasteiger partial charge in [0.15, 0.2) is 6.61 Å².